The fourth-order valence-corrected chi connectivity index (χ4v) is 1.77. The van der Waals surface area contributed by atoms with Crippen molar-refractivity contribution in [2.45, 2.75) is 37.9 Å². The van der Waals surface area contributed by atoms with Crippen LogP contribution in [-0.4, -0.2) is 12.2 Å². The van der Waals surface area contributed by atoms with Crippen LogP contribution in [0.2, 0.25) is 0 Å². The highest BCUT2D eigenvalue weighted by molar-refractivity contribution is 9.10. The Balaban J connectivity index is 2.23. The van der Waals surface area contributed by atoms with Gasteiger partial charge in [0.25, 0.3) is 0 Å². The van der Waals surface area contributed by atoms with Crippen LogP contribution in [0.1, 0.15) is 24.8 Å². The zero-order valence-electron chi connectivity index (χ0n) is 9.30. The Morgan fingerprint density at radius 2 is 1.71 bits per heavy atom. The van der Waals surface area contributed by atoms with Crippen LogP contribution in [0.15, 0.2) is 28.7 Å². The maximum atomic E-state index is 12.1. The normalized spacial score (nSPS) is 13.7. The summed E-state index contributed by atoms with van der Waals surface area (Å²) in [6.45, 7) is 0. The average Bonchev–Trinajstić information content (AvgIpc) is 2.25. The van der Waals surface area contributed by atoms with Crippen molar-refractivity contribution in [1.82, 2.24) is 0 Å². The standard InChI is InChI=1S/C12H15BrF3N/c13-10-7-5-9(6-8-10)3-1-2-4-11(17)12(14,15)16/h5-8,11H,1-4,17H2/t11-/m0/s1. The molecule has 1 nitrogen and oxygen atoms in total. The second-order valence-corrected chi connectivity index (χ2v) is 4.94. The van der Waals surface area contributed by atoms with Crippen LogP contribution in [0.25, 0.3) is 0 Å². The quantitative estimate of drug-likeness (QED) is 0.816. The second kappa shape index (κ2) is 6.40. The summed E-state index contributed by atoms with van der Waals surface area (Å²) in [5, 5.41) is 0. The highest BCUT2D eigenvalue weighted by atomic mass is 79.9. The predicted molar refractivity (Wildman–Crippen MR) is 65.7 cm³/mol. The lowest BCUT2D eigenvalue weighted by Crippen LogP contribution is -2.37. The third kappa shape index (κ3) is 5.55. The molecule has 1 aromatic carbocycles. The summed E-state index contributed by atoms with van der Waals surface area (Å²) in [5.74, 6) is 0. The van der Waals surface area contributed by atoms with E-state index in [1.165, 1.54) is 0 Å². The summed E-state index contributed by atoms with van der Waals surface area (Å²) in [6.07, 6.45) is -2.25. The molecule has 0 aliphatic rings. The molecule has 5 heteroatoms. The van der Waals surface area contributed by atoms with Crippen molar-refractivity contribution in [3.63, 3.8) is 0 Å². The van der Waals surface area contributed by atoms with Crippen molar-refractivity contribution < 1.29 is 13.2 Å². The summed E-state index contributed by atoms with van der Waals surface area (Å²) < 4.78 is 37.3. The Morgan fingerprint density at radius 1 is 1.12 bits per heavy atom. The van der Waals surface area contributed by atoms with Crippen LogP contribution in [0.3, 0.4) is 0 Å². The number of rotatable bonds is 5. The van der Waals surface area contributed by atoms with E-state index in [2.05, 4.69) is 15.9 Å². The van der Waals surface area contributed by atoms with Gasteiger partial charge in [-0.1, -0.05) is 34.5 Å². The molecule has 2 N–H and O–H groups in total. The highest BCUT2D eigenvalue weighted by Crippen LogP contribution is 2.22. The van der Waals surface area contributed by atoms with Gasteiger partial charge >= 0.3 is 6.18 Å². The first-order valence-corrected chi connectivity index (χ1v) is 6.25. The number of benzene rings is 1. The topological polar surface area (TPSA) is 26.0 Å². The van der Waals surface area contributed by atoms with Gasteiger partial charge in [0.15, 0.2) is 0 Å². The van der Waals surface area contributed by atoms with Gasteiger partial charge in [0, 0.05) is 4.47 Å². The molecule has 0 fully saturated rings. The molecule has 96 valence electrons. The van der Waals surface area contributed by atoms with Gasteiger partial charge in [0.1, 0.15) is 6.04 Å². The zero-order chi connectivity index (χ0) is 12.9. The fraction of sp³-hybridized carbons (Fsp3) is 0.500. The van der Waals surface area contributed by atoms with E-state index >= 15 is 0 Å². The fourth-order valence-electron chi connectivity index (χ4n) is 1.51. The molecule has 0 aromatic heterocycles. The van der Waals surface area contributed by atoms with Crippen molar-refractivity contribution in [3.8, 4) is 0 Å². The van der Waals surface area contributed by atoms with E-state index in [0.29, 0.717) is 6.42 Å². The minimum atomic E-state index is -4.27. The largest absolute Gasteiger partial charge is 0.403 e. The zero-order valence-corrected chi connectivity index (χ0v) is 10.9. The lowest BCUT2D eigenvalue weighted by atomic mass is 10.0. The number of alkyl halides is 3. The number of halogens is 4. The maximum Gasteiger partial charge on any atom is 0.403 e. The van der Waals surface area contributed by atoms with Gasteiger partial charge in [-0.15, -0.1) is 0 Å². The third-order valence-electron chi connectivity index (χ3n) is 2.56. The second-order valence-electron chi connectivity index (χ2n) is 4.02. The molecule has 0 heterocycles. The molecular weight excluding hydrogens is 295 g/mol. The van der Waals surface area contributed by atoms with Gasteiger partial charge in [-0.2, -0.15) is 13.2 Å². The highest BCUT2D eigenvalue weighted by Gasteiger charge is 2.35. The van der Waals surface area contributed by atoms with Crippen molar-refractivity contribution in [2.75, 3.05) is 0 Å². The molecule has 0 amide bonds. The molecule has 1 atom stereocenters. The minimum absolute atomic E-state index is 0.0000278. The van der Waals surface area contributed by atoms with Crippen molar-refractivity contribution in [2.24, 2.45) is 5.73 Å². The van der Waals surface area contributed by atoms with Crippen LogP contribution in [0.4, 0.5) is 13.2 Å². The minimum Gasteiger partial charge on any atom is -0.320 e. The Bertz CT molecular complexity index is 335. The van der Waals surface area contributed by atoms with Crippen LogP contribution in [0, 0.1) is 0 Å². The first kappa shape index (κ1) is 14.5. The predicted octanol–water partition coefficient (Wildman–Crippen LogP) is 4.05. The molecule has 0 bridgehead atoms. The van der Waals surface area contributed by atoms with E-state index in [1.807, 2.05) is 24.3 Å². The number of hydrogen-bond acceptors (Lipinski definition) is 1. The van der Waals surface area contributed by atoms with Crippen LogP contribution < -0.4 is 5.73 Å². The first-order chi connectivity index (χ1) is 7.89. The Labute approximate surface area is 107 Å². The van der Waals surface area contributed by atoms with E-state index in [0.717, 1.165) is 22.9 Å². The van der Waals surface area contributed by atoms with Crippen molar-refractivity contribution in [3.05, 3.63) is 34.3 Å². The molecular formula is C12H15BrF3N. The Kier molecular flexibility index (Phi) is 5.46. The number of aryl methyl sites for hydroxylation is 1. The summed E-state index contributed by atoms with van der Waals surface area (Å²) in [6, 6.07) is 6.10. The molecule has 0 unspecified atom stereocenters. The molecule has 1 aromatic rings. The lowest BCUT2D eigenvalue weighted by Gasteiger charge is -2.14. The lowest BCUT2D eigenvalue weighted by molar-refractivity contribution is -0.149. The summed E-state index contributed by atoms with van der Waals surface area (Å²) in [7, 11) is 0. The van der Waals surface area contributed by atoms with Gasteiger partial charge in [-0.05, 0) is 37.0 Å². The van der Waals surface area contributed by atoms with E-state index in [1.54, 1.807) is 0 Å². The Morgan fingerprint density at radius 3 is 2.24 bits per heavy atom. The van der Waals surface area contributed by atoms with Gasteiger partial charge in [0.2, 0.25) is 0 Å². The summed E-state index contributed by atoms with van der Waals surface area (Å²) in [4.78, 5) is 0. The van der Waals surface area contributed by atoms with E-state index in [-0.39, 0.29) is 6.42 Å². The van der Waals surface area contributed by atoms with E-state index in [9.17, 15) is 13.2 Å². The molecule has 0 saturated carbocycles. The molecule has 0 aliphatic carbocycles. The monoisotopic (exact) mass is 309 g/mol. The van der Waals surface area contributed by atoms with Gasteiger partial charge < -0.3 is 5.73 Å². The molecule has 0 spiro atoms. The average molecular weight is 310 g/mol. The maximum absolute atomic E-state index is 12.1. The molecule has 0 aliphatic heterocycles. The van der Waals surface area contributed by atoms with Gasteiger partial charge in [0.05, 0.1) is 0 Å². The summed E-state index contributed by atoms with van der Waals surface area (Å²) >= 11 is 3.33. The van der Waals surface area contributed by atoms with Crippen molar-refractivity contribution in [1.29, 1.82) is 0 Å². The SMILES string of the molecule is N[C@@H](CCCCc1ccc(Br)cc1)C(F)(F)F. The molecule has 0 saturated heterocycles. The van der Waals surface area contributed by atoms with Crippen LogP contribution >= 0.6 is 15.9 Å². The van der Waals surface area contributed by atoms with E-state index in [4.69, 9.17) is 5.73 Å². The first-order valence-electron chi connectivity index (χ1n) is 5.46. The van der Waals surface area contributed by atoms with Gasteiger partial charge in [-0.3, -0.25) is 0 Å². The Hall–Kier alpha value is -0.550. The summed E-state index contributed by atoms with van der Waals surface area (Å²) in [5.41, 5.74) is 6.15. The van der Waals surface area contributed by atoms with Crippen LogP contribution in [0.5, 0.6) is 0 Å². The molecule has 17 heavy (non-hydrogen) atoms. The van der Waals surface area contributed by atoms with E-state index < -0.39 is 12.2 Å². The smallest absolute Gasteiger partial charge is 0.320 e. The van der Waals surface area contributed by atoms with Crippen molar-refractivity contribution >= 4 is 15.9 Å². The third-order valence-corrected chi connectivity index (χ3v) is 3.09. The van der Waals surface area contributed by atoms with Crippen LogP contribution in [-0.2, 0) is 6.42 Å². The van der Waals surface area contributed by atoms with Gasteiger partial charge in [-0.25, -0.2) is 0 Å². The molecule has 1 rings (SSSR count). The number of unbranched alkanes of at least 4 members (excludes halogenated alkanes) is 1. The number of nitrogens with two attached hydrogens (primary N) is 1. The molecule has 0 radical (unpaired) electrons. The number of hydrogen-bond donors (Lipinski definition) is 1.